The van der Waals surface area contributed by atoms with Crippen molar-refractivity contribution in [3.63, 3.8) is 0 Å². The fraction of sp³-hybridized carbons (Fsp3) is 0.538. The van der Waals surface area contributed by atoms with Gasteiger partial charge in [0, 0.05) is 6.54 Å². The van der Waals surface area contributed by atoms with Gasteiger partial charge in [-0.05, 0) is 36.8 Å². The molecule has 92 valence electrons. The molecule has 17 heavy (non-hydrogen) atoms. The molecule has 3 N–H and O–H groups in total. The molecule has 1 aromatic rings. The highest BCUT2D eigenvalue weighted by atomic mass is 32.1. The van der Waals surface area contributed by atoms with Crippen molar-refractivity contribution < 1.29 is 0 Å². The summed E-state index contributed by atoms with van der Waals surface area (Å²) in [7, 11) is 0. The van der Waals surface area contributed by atoms with E-state index in [1.165, 1.54) is 25.7 Å². The predicted octanol–water partition coefficient (Wildman–Crippen LogP) is 2.71. The molecule has 0 spiro atoms. The molecule has 0 amide bonds. The van der Waals surface area contributed by atoms with Gasteiger partial charge >= 0.3 is 0 Å². The monoisotopic (exact) mass is 249 g/mol. The van der Waals surface area contributed by atoms with Crippen molar-refractivity contribution >= 4 is 22.9 Å². The number of anilines is 1. The van der Waals surface area contributed by atoms with Crippen molar-refractivity contribution in [2.45, 2.75) is 32.6 Å². The number of nitrogens with one attached hydrogen (secondary N) is 1. The first-order valence-corrected chi connectivity index (χ1v) is 6.56. The molecule has 0 atom stereocenters. The van der Waals surface area contributed by atoms with Gasteiger partial charge in [0.15, 0.2) is 0 Å². The lowest BCUT2D eigenvalue weighted by Crippen LogP contribution is -2.16. The van der Waals surface area contributed by atoms with Crippen molar-refractivity contribution in [1.29, 1.82) is 0 Å². The van der Waals surface area contributed by atoms with Crippen LogP contribution in [-0.4, -0.2) is 16.5 Å². The molecule has 1 fully saturated rings. The molecular formula is C13H19N3S. The van der Waals surface area contributed by atoms with Crippen LogP contribution in [0.4, 0.5) is 5.69 Å². The quantitative estimate of drug-likeness (QED) is 0.761. The second-order valence-electron chi connectivity index (χ2n) is 4.90. The fourth-order valence-corrected chi connectivity index (χ4v) is 2.28. The van der Waals surface area contributed by atoms with Gasteiger partial charge in [0.05, 0.1) is 17.6 Å². The van der Waals surface area contributed by atoms with E-state index >= 15 is 0 Å². The summed E-state index contributed by atoms with van der Waals surface area (Å²) in [5.41, 5.74) is 7.79. The Hall–Kier alpha value is -1.16. The van der Waals surface area contributed by atoms with Crippen LogP contribution in [0.5, 0.6) is 0 Å². The Morgan fingerprint density at radius 3 is 2.76 bits per heavy atom. The zero-order valence-corrected chi connectivity index (χ0v) is 11.0. The first-order valence-electron chi connectivity index (χ1n) is 6.15. The maximum Gasteiger partial charge on any atom is 0.122 e. The van der Waals surface area contributed by atoms with Gasteiger partial charge in [0.1, 0.15) is 4.99 Å². The Bertz CT molecular complexity index is 396. The number of aromatic nitrogens is 1. The second kappa shape index (κ2) is 5.00. The van der Waals surface area contributed by atoms with E-state index in [0.717, 1.165) is 12.2 Å². The second-order valence-corrected chi connectivity index (χ2v) is 5.34. The number of thiocarbonyl (C=S) groups is 1. The number of nitrogens with two attached hydrogens (primary N) is 1. The smallest absolute Gasteiger partial charge is 0.122 e. The highest BCUT2D eigenvalue weighted by molar-refractivity contribution is 7.80. The van der Waals surface area contributed by atoms with E-state index in [9.17, 15) is 0 Å². The predicted molar refractivity (Wildman–Crippen MR) is 75.2 cm³/mol. The van der Waals surface area contributed by atoms with E-state index in [1.807, 2.05) is 12.1 Å². The van der Waals surface area contributed by atoms with Gasteiger partial charge in [-0.25, -0.2) is 0 Å². The Kier molecular flexibility index (Phi) is 3.62. The Morgan fingerprint density at radius 2 is 2.29 bits per heavy atom. The summed E-state index contributed by atoms with van der Waals surface area (Å²) in [5, 5.41) is 3.45. The summed E-state index contributed by atoms with van der Waals surface area (Å²) in [4.78, 5) is 4.56. The lowest BCUT2D eigenvalue weighted by Gasteiger charge is -2.15. The molecule has 1 aliphatic carbocycles. The summed E-state index contributed by atoms with van der Waals surface area (Å²) < 4.78 is 0. The van der Waals surface area contributed by atoms with Crippen LogP contribution in [0.1, 0.15) is 38.3 Å². The average Bonchev–Trinajstić information content (AvgIpc) is 3.08. The number of rotatable bonds is 6. The van der Waals surface area contributed by atoms with Crippen LogP contribution in [0, 0.1) is 5.41 Å². The third-order valence-corrected chi connectivity index (χ3v) is 3.63. The van der Waals surface area contributed by atoms with Crippen LogP contribution in [0.25, 0.3) is 0 Å². The Morgan fingerprint density at radius 1 is 1.53 bits per heavy atom. The summed E-state index contributed by atoms with van der Waals surface area (Å²) in [6, 6.07) is 3.85. The maximum absolute atomic E-state index is 5.51. The van der Waals surface area contributed by atoms with Crippen LogP contribution in [0.3, 0.4) is 0 Å². The molecule has 0 aromatic carbocycles. The Balaban J connectivity index is 1.89. The van der Waals surface area contributed by atoms with Crippen molar-refractivity contribution in [2.75, 3.05) is 11.9 Å². The minimum absolute atomic E-state index is 0.348. The summed E-state index contributed by atoms with van der Waals surface area (Å²) in [6.45, 7) is 3.30. The zero-order valence-electron chi connectivity index (χ0n) is 10.2. The topological polar surface area (TPSA) is 50.9 Å². The molecule has 3 nitrogen and oxygen atoms in total. The van der Waals surface area contributed by atoms with Crippen LogP contribution in [0.2, 0.25) is 0 Å². The van der Waals surface area contributed by atoms with Crippen molar-refractivity contribution in [2.24, 2.45) is 11.1 Å². The minimum Gasteiger partial charge on any atom is -0.388 e. The molecule has 2 rings (SSSR count). The van der Waals surface area contributed by atoms with Crippen molar-refractivity contribution in [1.82, 2.24) is 4.98 Å². The highest BCUT2D eigenvalue weighted by Gasteiger charge is 2.40. The molecule has 0 radical (unpaired) electrons. The molecule has 1 saturated carbocycles. The molecule has 1 heterocycles. The molecule has 4 heteroatoms. The van der Waals surface area contributed by atoms with Gasteiger partial charge in [-0.2, -0.15) is 0 Å². The van der Waals surface area contributed by atoms with E-state index in [-0.39, 0.29) is 0 Å². The first kappa shape index (κ1) is 12.3. The van der Waals surface area contributed by atoms with Gasteiger partial charge in [-0.15, -0.1) is 0 Å². The van der Waals surface area contributed by atoms with Crippen LogP contribution in [0.15, 0.2) is 18.3 Å². The average molecular weight is 249 g/mol. The highest BCUT2D eigenvalue weighted by Crippen LogP contribution is 2.49. The molecular weight excluding hydrogens is 230 g/mol. The third-order valence-electron chi connectivity index (χ3n) is 3.42. The van der Waals surface area contributed by atoms with Crippen LogP contribution in [-0.2, 0) is 0 Å². The third kappa shape index (κ3) is 3.16. The molecule has 1 aliphatic rings. The Labute approximate surface area is 108 Å². The largest absolute Gasteiger partial charge is 0.388 e. The fourth-order valence-electron chi connectivity index (χ4n) is 2.16. The summed E-state index contributed by atoms with van der Waals surface area (Å²) in [5.74, 6) is 0. The van der Waals surface area contributed by atoms with Crippen molar-refractivity contribution in [3.8, 4) is 0 Å². The molecule has 0 bridgehead atoms. The zero-order chi connectivity index (χ0) is 12.3. The maximum atomic E-state index is 5.51. The van der Waals surface area contributed by atoms with Crippen molar-refractivity contribution in [3.05, 3.63) is 24.0 Å². The number of hydrogen-bond acceptors (Lipinski definition) is 3. The van der Waals surface area contributed by atoms with Gasteiger partial charge in [-0.3, -0.25) is 4.98 Å². The summed E-state index contributed by atoms with van der Waals surface area (Å²) in [6.07, 6.45) is 7.09. The van der Waals surface area contributed by atoms with E-state index in [0.29, 0.717) is 16.1 Å². The standard InChI is InChI=1S/C13H19N3S/c1-2-5-13(6-7-13)9-16-10-3-4-11(12(14)17)15-8-10/h3-4,8,16H,2,5-7,9H2,1H3,(H2,14,17). The molecule has 1 aromatic heterocycles. The van der Waals surface area contributed by atoms with E-state index in [4.69, 9.17) is 18.0 Å². The van der Waals surface area contributed by atoms with E-state index in [2.05, 4.69) is 17.2 Å². The van der Waals surface area contributed by atoms with Gasteiger partial charge in [0.25, 0.3) is 0 Å². The SMILES string of the molecule is CCCC1(CNc2ccc(C(N)=S)nc2)CC1. The lowest BCUT2D eigenvalue weighted by atomic mass is 10.0. The number of nitrogens with zero attached hydrogens (tertiary/aromatic N) is 1. The normalized spacial score (nSPS) is 16.5. The van der Waals surface area contributed by atoms with Crippen LogP contribution < -0.4 is 11.1 Å². The summed E-state index contributed by atoms with van der Waals surface area (Å²) >= 11 is 4.87. The minimum atomic E-state index is 0.348. The number of pyridine rings is 1. The van der Waals surface area contributed by atoms with E-state index < -0.39 is 0 Å². The van der Waals surface area contributed by atoms with Gasteiger partial charge in [-0.1, -0.05) is 25.6 Å². The molecule has 0 unspecified atom stereocenters. The van der Waals surface area contributed by atoms with Gasteiger partial charge in [0.2, 0.25) is 0 Å². The number of hydrogen-bond donors (Lipinski definition) is 2. The lowest BCUT2D eigenvalue weighted by molar-refractivity contribution is 0.485. The van der Waals surface area contributed by atoms with E-state index in [1.54, 1.807) is 6.20 Å². The van der Waals surface area contributed by atoms with Crippen LogP contribution >= 0.6 is 12.2 Å². The molecule has 0 saturated heterocycles. The molecule has 0 aliphatic heterocycles. The first-order chi connectivity index (χ1) is 8.15. The van der Waals surface area contributed by atoms with Gasteiger partial charge < -0.3 is 11.1 Å².